The van der Waals surface area contributed by atoms with Gasteiger partial charge in [0.1, 0.15) is 11.9 Å². The standard InChI is InChI=1S/C18H22FN5O/c1-3-17(13-4-5-14(11-20)16(19)10-13)22-18(23(2)12-25)24-8-6-15(21)7-9-24/h3-5,10,12,15H,6-9,21H2,1-2H3/b17-3-,22-18+. The third-order valence-corrected chi connectivity index (χ3v) is 4.18. The quantitative estimate of drug-likeness (QED) is 0.516. The lowest BCUT2D eigenvalue weighted by Gasteiger charge is -2.34. The Balaban J connectivity index is 2.37. The highest BCUT2D eigenvalue weighted by molar-refractivity contribution is 5.92. The number of piperidine rings is 1. The lowest BCUT2D eigenvalue weighted by Crippen LogP contribution is -2.48. The van der Waals surface area contributed by atoms with E-state index in [1.165, 1.54) is 17.0 Å². The van der Waals surface area contributed by atoms with Gasteiger partial charge < -0.3 is 10.6 Å². The number of likely N-dealkylation sites (tertiary alicyclic amines) is 1. The number of rotatable bonds is 3. The topological polar surface area (TPSA) is 85.7 Å². The first-order valence-electron chi connectivity index (χ1n) is 8.13. The molecular formula is C18H22FN5O. The summed E-state index contributed by atoms with van der Waals surface area (Å²) in [6.45, 7) is 3.20. The van der Waals surface area contributed by atoms with Crippen molar-refractivity contribution < 1.29 is 9.18 Å². The molecule has 0 saturated carbocycles. The first-order valence-corrected chi connectivity index (χ1v) is 8.13. The number of hydrogen-bond donors (Lipinski definition) is 1. The second kappa shape index (κ2) is 8.40. The molecule has 1 aliphatic rings. The fraction of sp³-hybridized carbons (Fsp3) is 0.389. The van der Waals surface area contributed by atoms with Gasteiger partial charge in [0, 0.05) is 31.7 Å². The summed E-state index contributed by atoms with van der Waals surface area (Å²) in [7, 11) is 1.63. The van der Waals surface area contributed by atoms with E-state index in [0.29, 0.717) is 36.7 Å². The van der Waals surface area contributed by atoms with E-state index in [4.69, 9.17) is 11.0 Å². The zero-order valence-electron chi connectivity index (χ0n) is 14.4. The number of hydrogen-bond acceptors (Lipinski definition) is 4. The molecule has 1 aromatic carbocycles. The van der Waals surface area contributed by atoms with Gasteiger partial charge in [-0.2, -0.15) is 5.26 Å². The molecule has 6 nitrogen and oxygen atoms in total. The molecule has 1 fully saturated rings. The summed E-state index contributed by atoms with van der Waals surface area (Å²) in [5.41, 5.74) is 7.00. The molecule has 0 bridgehead atoms. The Labute approximate surface area is 147 Å². The fourth-order valence-corrected chi connectivity index (χ4v) is 2.69. The summed E-state index contributed by atoms with van der Waals surface area (Å²) < 4.78 is 13.9. The summed E-state index contributed by atoms with van der Waals surface area (Å²) in [5.74, 6) is -0.0939. The van der Waals surface area contributed by atoms with Crippen LogP contribution in [-0.4, -0.2) is 48.3 Å². The molecule has 1 amide bonds. The first-order chi connectivity index (χ1) is 12.0. The van der Waals surface area contributed by atoms with Crippen molar-refractivity contribution in [1.29, 1.82) is 5.26 Å². The van der Waals surface area contributed by atoms with Crippen LogP contribution in [0, 0.1) is 17.1 Å². The third kappa shape index (κ3) is 4.43. The average molecular weight is 343 g/mol. The van der Waals surface area contributed by atoms with E-state index in [9.17, 15) is 9.18 Å². The Morgan fingerprint density at radius 1 is 1.48 bits per heavy atom. The van der Waals surface area contributed by atoms with Crippen molar-refractivity contribution in [3.8, 4) is 6.07 Å². The number of benzene rings is 1. The van der Waals surface area contributed by atoms with Crippen LogP contribution in [0.5, 0.6) is 0 Å². The molecular weight excluding hydrogens is 321 g/mol. The normalized spacial score (nSPS) is 16.5. The van der Waals surface area contributed by atoms with E-state index in [0.717, 1.165) is 12.8 Å². The Bertz CT molecular complexity index is 729. The number of halogens is 1. The first kappa shape index (κ1) is 18.6. The van der Waals surface area contributed by atoms with E-state index in [1.54, 1.807) is 32.2 Å². The predicted molar refractivity (Wildman–Crippen MR) is 94.8 cm³/mol. The van der Waals surface area contributed by atoms with Crippen molar-refractivity contribution in [3.05, 3.63) is 41.2 Å². The number of nitrogens with two attached hydrogens (primary N) is 1. The van der Waals surface area contributed by atoms with Gasteiger partial charge in [0.15, 0.2) is 0 Å². The minimum absolute atomic E-state index is 0.0153. The molecule has 0 unspecified atom stereocenters. The minimum atomic E-state index is -0.594. The maximum Gasteiger partial charge on any atom is 0.216 e. The van der Waals surface area contributed by atoms with Gasteiger partial charge in [0.2, 0.25) is 12.4 Å². The number of allylic oxidation sites excluding steroid dienone is 1. The maximum absolute atomic E-state index is 13.9. The summed E-state index contributed by atoms with van der Waals surface area (Å²) in [5, 5.41) is 8.85. The summed E-state index contributed by atoms with van der Waals surface area (Å²) in [6.07, 6.45) is 4.08. The molecule has 0 aliphatic carbocycles. The summed E-state index contributed by atoms with van der Waals surface area (Å²) in [6, 6.07) is 6.31. The van der Waals surface area contributed by atoms with Gasteiger partial charge in [-0.05, 0) is 31.9 Å². The van der Waals surface area contributed by atoms with Gasteiger partial charge in [-0.15, -0.1) is 0 Å². The smallest absolute Gasteiger partial charge is 0.216 e. The molecule has 0 aromatic heterocycles. The number of amides is 1. The molecule has 25 heavy (non-hydrogen) atoms. The van der Waals surface area contributed by atoms with Crippen molar-refractivity contribution in [2.45, 2.75) is 25.8 Å². The van der Waals surface area contributed by atoms with Crippen LogP contribution in [0.4, 0.5) is 4.39 Å². The van der Waals surface area contributed by atoms with E-state index in [-0.39, 0.29) is 11.6 Å². The number of carbonyl (C=O) groups is 1. The van der Waals surface area contributed by atoms with E-state index >= 15 is 0 Å². The lowest BCUT2D eigenvalue weighted by atomic mass is 10.1. The van der Waals surface area contributed by atoms with E-state index < -0.39 is 5.82 Å². The number of carbonyl (C=O) groups excluding carboxylic acids is 1. The molecule has 0 spiro atoms. The van der Waals surface area contributed by atoms with Gasteiger partial charge in [-0.3, -0.25) is 9.69 Å². The molecule has 1 heterocycles. The third-order valence-electron chi connectivity index (χ3n) is 4.18. The highest BCUT2D eigenvalue weighted by Gasteiger charge is 2.22. The van der Waals surface area contributed by atoms with E-state index in [2.05, 4.69) is 4.99 Å². The zero-order valence-corrected chi connectivity index (χ0v) is 14.4. The van der Waals surface area contributed by atoms with Crippen molar-refractivity contribution in [1.82, 2.24) is 9.80 Å². The SMILES string of the molecule is C/C=C(\N=C(/N(C)C=O)N1CCC(N)CC1)c1ccc(C#N)c(F)c1. The van der Waals surface area contributed by atoms with Crippen LogP contribution >= 0.6 is 0 Å². The Hall–Kier alpha value is -2.72. The molecule has 7 heteroatoms. The number of nitrogens with zero attached hydrogens (tertiary/aromatic N) is 4. The molecule has 0 radical (unpaired) electrons. The van der Waals surface area contributed by atoms with Crippen molar-refractivity contribution in [3.63, 3.8) is 0 Å². The molecule has 1 saturated heterocycles. The molecule has 0 atom stereocenters. The van der Waals surface area contributed by atoms with Crippen molar-refractivity contribution >= 4 is 18.1 Å². The minimum Gasteiger partial charge on any atom is -0.342 e. The second-order valence-corrected chi connectivity index (χ2v) is 5.93. The summed E-state index contributed by atoms with van der Waals surface area (Å²) >= 11 is 0. The summed E-state index contributed by atoms with van der Waals surface area (Å²) in [4.78, 5) is 19.3. The van der Waals surface area contributed by atoms with Crippen LogP contribution < -0.4 is 5.73 Å². The van der Waals surface area contributed by atoms with Crippen LogP contribution in [-0.2, 0) is 4.79 Å². The van der Waals surface area contributed by atoms with Crippen molar-refractivity contribution in [2.24, 2.45) is 10.7 Å². The molecule has 2 rings (SSSR count). The highest BCUT2D eigenvalue weighted by atomic mass is 19.1. The predicted octanol–water partition coefficient (Wildman–Crippen LogP) is 1.93. The van der Waals surface area contributed by atoms with Crippen LogP contribution in [0.3, 0.4) is 0 Å². The highest BCUT2D eigenvalue weighted by Crippen LogP contribution is 2.21. The van der Waals surface area contributed by atoms with Crippen LogP contribution in [0.2, 0.25) is 0 Å². The van der Waals surface area contributed by atoms with Crippen LogP contribution in [0.25, 0.3) is 5.70 Å². The zero-order chi connectivity index (χ0) is 18.4. The number of aliphatic imine (C=N–C) groups is 1. The molecule has 2 N–H and O–H groups in total. The van der Waals surface area contributed by atoms with Crippen LogP contribution in [0.15, 0.2) is 29.3 Å². The fourth-order valence-electron chi connectivity index (χ4n) is 2.69. The Morgan fingerprint density at radius 3 is 2.68 bits per heavy atom. The molecule has 132 valence electrons. The Morgan fingerprint density at radius 2 is 2.16 bits per heavy atom. The van der Waals surface area contributed by atoms with Gasteiger partial charge >= 0.3 is 0 Å². The van der Waals surface area contributed by atoms with Gasteiger partial charge in [-0.1, -0.05) is 12.1 Å². The van der Waals surface area contributed by atoms with Gasteiger partial charge in [0.05, 0.1) is 11.3 Å². The largest absolute Gasteiger partial charge is 0.342 e. The molecule has 1 aromatic rings. The van der Waals surface area contributed by atoms with Crippen LogP contribution in [0.1, 0.15) is 30.9 Å². The Kier molecular flexibility index (Phi) is 6.25. The van der Waals surface area contributed by atoms with Gasteiger partial charge in [-0.25, -0.2) is 9.38 Å². The lowest BCUT2D eigenvalue weighted by molar-refractivity contribution is -0.114. The maximum atomic E-state index is 13.9. The average Bonchev–Trinajstić information content (AvgIpc) is 2.63. The second-order valence-electron chi connectivity index (χ2n) is 5.93. The van der Waals surface area contributed by atoms with Crippen molar-refractivity contribution in [2.75, 3.05) is 20.1 Å². The monoisotopic (exact) mass is 343 g/mol. The van der Waals surface area contributed by atoms with E-state index in [1.807, 2.05) is 4.90 Å². The van der Waals surface area contributed by atoms with Gasteiger partial charge in [0.25, 0.3) is 0 Å². The molecule has 1 aliphatic heterocycles. The number of nitriles is 1. The number of guanidine groups is 1.